The summed E-state index contributed by atoms with van der Waals surface area (Å²) in [6, 6.07) is 0.369. The predicted octanol–water partition coefficient (Wildman–Crippen LogP) is -0.0469. The van der Waals surface area contributed by atoms with Gasteiger partial charge in [0.1, 0.15) is 0 Å². The smallest absolute Gasteiger partial charge is 0.0945 e. The third kappa shape index (κ3) is 1.89. The highest BCUT2D eigenvalue weighted by Gasteiger charge is 2.19. The fourth-order valence-corrected chi connectivity index (χ4v) is 1.77. The summed E-state index contributed by atoms with van der Waals surface area (Å²) in [7, 11) is 2.03. The maximum Gasteiger partial charge on any atom is 0.0945 e. The average Bonchev–Trinajstić information content (AvgIpc) is 2.64. The van der Waals surface area contributed by atoms with Gasteiger partial charge in [-0.1, -0.05) is 0 Å². The topological polar surface area (TPSA) is 47.1 Å². The minimum Gasteiger partial charge on any atom is -0.337 e. The van der Waals surface area contributed by atoms with Crippen molar-refractivity contribution in [1.29, 1.82) is 0 Å². The van der Waals surface area contributed by atoms with E-state index in [0.29, 0.717) is 6.04 Å². The first kappa shape index (κ1) is 8.72. The molecule has 2 heterocycles. The Balaban J connectivity index is 1.95. The number of rotatable bonds is 2. The Morgan fingerprint density at radius 1 is 1.69 bits per heavy atom. The number of nitrogens with two attached hydrogens (primary N) is 1. The zero-order valence-electron chi connectivity index (χ0n) is 7.98. The van der Waals surface area contributed by atoms with Crippen LogP contribution >= 0.6 is 0 Å². The molecule has 0 aromatic carbocycles. The summed E-state index contributed by atoms with van der Waals surface area (Å²) in [5, 5.41) is 0. The Kier molecular flexibility index (Phi) is 2.33. The number of imidazole rings is 1. The molecule has 1 aromatic rings. The Morgan fingerprint density at radius 3 is 3.08 bits per heavy atom. The number of aryl methyl sites for hydroxylation is 1. The summed E-state index contributed by atoms with van der Waals surface area (Å²) in [5.74, 6) is 0. The Hall–Kier alpha value is -0.870. The van der Waals surface area contributed by atoms with Crippen molar-refractivity contribution in [2.24, 2.45) is 12.8 Å². The first-order chi connectivity index (χ1) is 6.25. The van der Waals surface area contributed by atoms with Gasteiger partial charge in [-0.05, 0) is 6.42 Å². The molecule has 1 atom stereocenters. The van der Waals surface area contributed by atoms with Crippen LogP contribution in [0.2, 0.25) is 0 Å². The molecule has 2 N–H and O–H groups in total. The Labute approximate surface area is 78.4 Å². The van der Waals surface area contributed by atoms with Gasteiger partial charge in [-0.15, -0.1) is 0 Å². The quantitative estimate of drug-likeness (QED) is 0.694. The van der Waals surface area contributed by atoms with Crippen LogP contribution in [0, 0.1) is 0 Å². The maximum atomic E-state index is 5.83. The molecule has 0 aliphatic carbocycles. The molecule has 0 spiro atoms. The fourth-order valence-electron chi connectivity index (χ4n) is 1.77. The van der Waals surface area contributed by atoms with E-state index in [0.717, 1.165) is 26.1 Å². The third-order valence-electron chi connectivity index (χ3n) is 2.61. The van der Waals surface area contributed by atoms with Crippen LogP contribution in [0.15, 0.2) is 12.5 Å². The summed E-state index contributed by atoms with van der Waals surface area (Å²) in [4.78, 5) is 6.46. The summed E-state index contributed by atoms with van der Waals surface area (Å²) >= 11 is 0. The molecule has 0 unspecified atom stereocenters. The van der Waals surface area contributed by atoms with E-state index >= 15 is 0 Å². The van der Waals surface area contributed by atoms with Crippen molar-refractivity contribution in [3.63, 3.8) is 0 Å². The molecule has 1 saturated heterocycles. The summed E-state index contributed by atoms with van der Waals surface area (Å²) in [5.41, 5.74) is 7.09. The SMILES string of the molecule is Cn1cncc1CN1CC[C@@H](N)C1. The Bertz CT molecular complexity index is 281. The number of likely N-dealkylation sites (tertiary alicyclic amines) is 1. The van der Waals surface area contributed by atoms with Gasteiger partial charge >= 0.3 is 0 Å². The third-order valence-corrected chi connectivity index (χ3v) is 2.61. The Morgan fingerprint density at radius 2 is 2.54 bits per heavy atom. The van der Waals surface area contributed by atoms with Gasteiger partial charge in [0.2, 0.25) is 0 Å². The van der Waals surface area contributed by atoms with Crippen molar-refractivity contribution in [3.05, 3.63) is 18.2 Å². The first-order valence-electron chi connectivity index (χ1n) is 4.69. The number of hydrogen-bond acceptors (Lipinski definition) is 3. The molecule has 72 valence electrons. The lowest BCUT2D eigenvalue weighted by molar-refractivity contribution is 0.319. The lowest BCUT2D eigenvalue weighted by Crippen LogP contribution is -2.26. The van der Waals surface area contributed by atoms with Crippen LogP contribution < -0.4 is 5.73 Å². The van der Waals surface area contributed by atoms with Gasteiger partial charge in [-0.2, -0.15) is 0 Å². The molecule has 4 heteroatoms. The highest BCUT2D eigenvalue weighted by atomic mass is 15.2. The van der Waals surface area contributed by atoms with E-state index in [9.17, 15) is 0 Å². The highest BCUT2D eigenvalue weighted by Crippen LogP contribution is 2.10. The minimum absolute atomic E-state index is 0.369. The second-order valence-electron chi connectivity index (χ2n) is 3.78. The second kappa shape index (κ2) is 3.47. The summed E-state index contributed by atoms with van der Waals surface area (Å²) in [6.07, 6.45) is 4.88. The van der Waals surface area contributed by atoms with Gasteiger partial charge in [0.15, 0.2) is 0 Å². The summed E-state index contributed by atoms with van der Waals surface area (Å²) in [6.45, 7) is 3.11. The van der Waals surface area contributed by atoms with Gasteiger partial charge in [0.25, 0.3) is 0 Å². The largest absolute Gasteiger partial charge is 0.337 e. The van der Waals surface area contributed by atoms with Gasteiger partial charge in [-0.3, -0.25) is 4.90 Å². The lowest BCUT2D eigenvalue weighted by Gasteiger charge is -2.14. The van der Waals surface area contributed by atoms with Gasteiger partial charge in [0, 0.05) is 38.9 Å². The van der Waals surface area contributed by atoms with Gasteiger partial charge < -0.3 is 10.3 Å². The molecule has 0 amide bonds. The van der Waals surface area contributed by atoms with Crippen LogP contribution in [0.5, 0.6) is 0 Å². The number of aromatic nitrogens is 2. The molecule has 1 aliphatic rings. The van der Waals surface area contributed by atoms with Crippen LogP contribution in [0.1, 0.15) is 12.1 Å². The van der Waals surface area contributed by atoms with E-state index in [1.54, 1.807) is 0 Å². The van der Waals surface area contributed by atoms with Crippen LogP contribution in [0.3, 0.4) is 0 Å². The molecule has 1 aliphatic heterocycles. The van der Waals surface area contributed by atoms with E-state index < -0.39 is 0 Å². The molecule has 1 aromatic heterocycles. The van der Waals surface area contributed by atoms with E-state index in [2.05, 4.69) is 14.5 Å². The van der Waals surface area contributed by atoms with Crippen LogP contribution in [0.4, 0.5) is 0 Å². The standard InChI is InChI=1S/C9H16N4/c1-12-7-11-4-9(12)6-13-3-2-8(10)5-13/h4,7-8H,2-3,5-6,10H2,1H3/t8-/m1/s1. The molecule has 0 bridgehead atoms. The van der Waals surface area contributed by atoms with Crippen molar-refractivity contribution in [2.45, 2.75) is 19.0 Å². The second-order valence-corrected chi connectivity index (χ2v) is 3.78. The van der Waals surface area contributed by atoms with Crippen molar-refractivity contribution < 1.29 is 0 Å². The zero-order chi connectivity index (χ0) is 9.26. The average molecular weight is 180 g/mol. The molecular weight excluding hydrogens is 164 g/mol. The van der Waals surface area contributed by atoms with E-state index in [-0.39, 0.29) is 0 Å². The molecule has 2 rings (SSSR count). The first-order valence-corrected chi connectivity index (χ1v) is 4.69. The van der Waals surface area contributed by atoms with Crippen LogP contribution in [-0.4, -0.2) is 33.6 Å². The number of hydrogen-bond donors (Lipinski definition) is 1. The molecule has 0 radical (unpaired) electrons. The number of nitrogens with zero attached hydrogens (tertiary/aromatic N) is 3. The van der Waals surface area contributed by atoms with E-state index in [4.69, 9.17) is 5.73 Å². The molecule has 13 heavy (non-hydrogen) atoms. The molecule has 0 saturated carbocycles. The van der Waals surface area contributed by atoms with Crippen molar-refractivity contribution >= 4 is 0 Å². The molecule has 4 nitrogen and oxygen atoms in total. The van der Waals surface area contributed by atoms with E-state index in [1.165, 1.54) is 5.69 Å². The van der Waals surface area contributed by atoms with Gasteiger partial charge in [0.05, 0.1) is 12.0 Å². The maximum absolute atomic E-state index is 5.83. The fraction of sp³-hybridized carbons (Fsp3) is 0.667. The van der Waals surface area contributed by atoms with Gasteiger partial charge in [-0.25, -0.2) is 4.98 Å². The van der Waals surface area contributed by atoms with Crippen molar-refractivity contribution in [3.8, 4) is 0 Å². The zero-order valence-corrected chi connectivity index (χ0v) is 7.98. The van der Waals surface area contributed by atoms with E-state index in [1.807, 2.05) is 19.6 Å². The highest BCUT2D eigenvalue weighted by molar-refractivity contribution is 4.98. The molecule has 1 fully saturated rings. The van der Waals surface area contributed by atoms with Crippen molar-refractivity contribution in [1.82, 2.24) is 14.5 Å². The predicted molar refractivity (Wildman–Crippen MR) is 51.1 cm³/mol. The normalized spacial score (nSPS) is 24.0. The van der Waals surface area contributed by atoms with Crippen LogP contribution in [-0.2, 0) is 13.6 Å². The lowest BCUT2D eigenvalue weighted by atomic mass is 10.3. The van der Waals surface area contributed by atoms with Crippen molar-refractivity contribution in [2.75, 3.05) is 13.1 Å². The van der Waals surface area contributed by atoms with Crippen LogP contribution in [0.25, 0.3) is 0 Å². The monoisotopic (exact) mass is 180 g/mol. The minimum atomic E-state index is 0.369. The molecular formula is C9H16N4. The summed E-state index contributed by atoms with van der Waals surface area (Å²) < 4.78 is 2.06.